The van der Waals surface area contributed by atoms with Gasteiger partial charge in [-0.3, -0.25) is 9.69 Å². The van der Waals surface area contributed by atoms with E-state index in [0.717, 1.165) is 0 Å². The average Bonchev–Trinajstić information content (AvgIpc) is 2.33. The van der Waals surface area contributed by atoms with Crippen LogP contribution >= 0.6 is 0 Å². The van der Waals surface area contributed by atoms with Crippen molar-refractivity contribution in [1.82, 2.24) is 14.5 Å². The van der Waals surface area contributed by atoms with Crippen molar-refractivity contribution in [3.05, 3.63) is 0 Å². The van der Waals surface area contributed by atoms with Gasteiger partial charge in [0.25, 0.3) is 0 Å². The number of rotatable bonds is 5. The average molecular weight is 320 g/mol. The zero-order valence-corrected chi connectivity index (χ0v) is 14.2. The molecule has 0 spiro atoms. The number of nitrogens with two attached hydrogens (primary N) is 1. The molecule has 0 bridgehead atoms. The van der Waals surface area contributed by atoms with E-state index in [1.165, 1.54) is 10.6 Å². The maximum Gasteiger partial charge on any atom is 0.222 e. The molecule has 0 radical (unpaired) electrons. The lowest BCUT2D eigenvalue weighted by Crippen LogP contribution is -2.55. The van der Waals surface area contributed by atoms with Crippen molar-refractivity contribution in [2.24, 2.45) is 5.73 Å². The normalized spacial score (nSPS) is 20.2. The van der Waals surface area contributed by atoms with Crippen molar-refractivity contribution in [2.75, 3.05) is 39.0 Å². The lowest BCUT2D eigenvalue weighted by atomic mass is 10.1. The van der Waals surface area contributed by atoms with Crippen LogP contribution in [0.25, 0.3) is 0 Å². The number of nitrogens with zero attached hydrogens (tertiary/aromatic N) is 2. The Bertz CT molecular complexity index is 451. The fourth-order valence-corrected chi connectivity index (χ4v) is 3.27. The summed E-state index contributed by atoms with van der Waals surface area (Å²) >= 11 is 0. The molecule has 124 valence electrons. The van der Waals surface area contributed by atoms with Crippen LogP contribution < -0.4 is 11.1 Å². The Morgan fingerprint density at radius 1 is 1.24 bits per heavy atom. The first-order chi connectivity index (χ1) is 9.53. The zero-order valence-electron chi connectivity index (χ0n) is 13.4. The van der Waals surface area contributed by atoms with E-state index in [4.69, 9.17) is 5.73 Å². The van der Waals surface area contributed by atoms with E-state index in [9.17, 15) is 13.2 Å². The summed E-state index contributed by atoms with van der Waals surface area (Å²) in [4.78, 5) is 14.1. The van der Waals surface area contributed by atoms with Gasteiger partial charge in [-0.25, -0.2) is 8.42 Å². The van der Waals surface area contributed by atoms with Gasteiger partial charge >= 0.3 is 0 Å². The van der Waals surface area contributed by atoms with Gasteiger partial charge in [-0.1, -0.05) is 0 Å². The standard InChI is InChI=1S/C13H28N4O3S/c1-13(2,3)15-12(18)9-11(10-14)16-5-7-17(8-6-16)21(4,19)20/h11H,5-10,14H2,1-4H3,(H,15,18). The van der Waals surface area contributed by atoms with Crippen molar-refractivity contribution >= 4 is 15.9 Å². The molecule has 3 N–H and O–H groups in total. The van der Waals surface area contributed by atoms with Gasteiger partial charge in [0.05, 0.1) is 6.26 Å². The Morgan fingerprint density at radius 2 is 1.76 bits per heavy atom. The van der Waals surface area contributed by atoms with E-state index in [1.807, 2.05) is 20.8 Å². The van der Waals surface area contributed by atoms with E-state index in [0.29, 0.717) is 39.1 Å². The number of amides is 1. The summed E-state index contributed by atoms with van der Waals surface area (Å²) in [5.74, 6) is -0.0245. The molecule has 1 amide bonds. The molecule has 0 aromatic heterocycles. The zero-order chi connectivity index (χ0) is 16.3. The Morgan fingerprint density at radius 3 is 2.14 bits per heavy atom. The highest BCUT2D eigenvalue weighted by Gasteiger charge is 2.28. The predicted octanol–water partition coefficient (Wildman–Crippen LogP) is -0.804. The van der Waals surface area contributed by atoms with Crippen molar-refractivity contribution in [3.8, 4) is 0 Å². The Labute approximate surface area is 127 Å². The molecule has 1 unspecified atom stereocenters. The monoisotopic (exact) mass is 320 g/mol. The lowest BCUT2D eigenvalue weighted by molar-refractivity contribution is -0.123. The molecule has 8 heteroatoms. The van der Waals surface area contributed by atoms with Gasteiger partial charge in [-0.15, -0.1) is 0 Å². The maximum atomic E-state index is 12.0. The van der Waals surface area contributed by atoms with Crippen LogP contribution in [-0.2, 0) is 14.8 Å². The fraction of sp³-hybridized carbons (Fsp3) is 0.923. The van der Waals surface area contributed by atoms with Crippen LogP contribution in [0.1, 0.15) is 27.2 Å². The smallest absolute Gasteiger partial charge is 0.222 e. The molecule has 1 atom stereocenters. The quantitative estimate of drug-likeness (QED) is 0.691. The summed E-state index contributed by atoms with van der Waals surface area (Å²) in [5.41, 5.74) is 5.52. The molecule has 21 heavy (non-hydrogen) atoms. The third-order valence-corrected chi connectivity index (χ3v) is 4.77. The SMILES string of the molecule is CC(C)(C)NC(=O)CC(CN)N1CCN(S(C)(=O)=O)CC1. The van der Waals surface area contributed by atoms with Crippen molar-refractivity contribution < 1.29 is 13.2 Å². The first-order valence-electron chi connectivity index (χ1n) is 7.23. The number of hydrogen-bond donors (Lipinski definition) is 2. The Balaban J connectivity index is 2.53. The van der Waals surface area contributed by atoms with E-state index >= 15 is 0 Å². The van der Waals surface area contributed by atoms with Crippen LogP contribution in [0.3, 0.4) is 0 Å². The van der Waals surface area contributed by atoms with Gasteiger partial charge in [0.2, 0.25) is 15.9 Å². The van der Waals surface area contributed by atoms with Gasteiger partial charge in [0.15, 0.2) is 0 Å². The van der Waals surface area contributed by atoms with Crippen molar-refractivity contribution in [1.29, 1.82) is 0 Å². The van der Waals surface area contributed by atoms with Crippen LogP contribution in [0.5, 0.6) is 0 Å². The number of nitrogens with one attached hydrogen (secondary N) is 1. The van der Waals surface area contributed by atoms with Crippen LogP contribution in [-0.4, -0.2) is 74.1 Å². The van der Waals surface area contributed by atoms with Gasteiger partial charge in [0.1, 0.15) is 0 Å². The molecule has 0 aliphatic carbocycles. The fourth-order valence-electron chi connectivity index (χ4n) is 2.45. The van der Waals surface area contributed by atoms with E-state index in [1.54, 1.807) is 0 Å². The summed E-state index contributed by atoms with van der Waals surface area (Å²) in [6.45, 7) is 8.33. The molecule has 0 saturated carbocycles. The third kappa shape index (κ3) is 6.29. The number of sulfonamides is 1. The van der Waals surface area contributed by atoms with Crippen LogP contribution in [0.4, 0.5) is 0 Å². The number of carbonyl (C=O) groups is 1. The minimum atomic E-state index is -3.13. The van der Waals surface area contributed by atoms with Crippen LogP contribution in [0.15, 0.2) is 0 Å². The molecule has 7 nitrogen and oxygen atoms in total. The third-order valence-electron chi connectivity index (χ3n) is 3.47. The molecule has 1 fully saturated rings. The molecule has 1 heterocycles. The minimum absolute atomic E-state index is 0.0245. The second-order valence-corrected chi connectivity index (χ2v) is 8.57. The highest BCUT2D eigenvalue weighted by Crippen LogP contribution is 2.12. The first-order valence-corrected chi connectivity index (χ1v) is 9.08. The van der Waals surface area contributed by atoms with E-state index in [2.05, 4.69) is 10.2 Å². The lowest BCUT2D eigenvalue weighted by Gasteiger charge is -2.38. The van der Waals surface area contributed by atoms with Gasteiger partial charge in [-0.2, -0.15) is 4.31 Å². The van der Waals surface area contributed by atoms with Crippen LogP contribution in [0, 0.1) is 0 Å². The highest BCUT2D eigenvalue weighted by atomic mass is 32.2. The van der Waals surface area contributed by atoms with Gasteiger partial charge in [-0.05, 0) is 20.8 Å². The van der Waals surface area contributed by atoms with Crippen LogP contribution in [0.2, 0.25) is 0 Å². The number of carbonyl (C=O) groups excluding carboxylic acids is 1. The van der Waals surface area contributed by atoms with Gasteiger partial charge in [0, 0.05) is 50.7 Å². The molecular weight excluding hydrogens is 292 g/mol. The number of hydrogen-bond acceptors (Lipinski definition) is 5. The summed E-state index contributed by atoms with van der Waals surface area (Å²) in [6, 6.07) is -0.0472. The molecule has 1 aliphatic rings. The van der Waals surface area contributed by atoms with Crippen molar-refractivity contribution in [3.63, 3.8) is 0 Å². The summed E-state index contributed by atoms with van der Waals surface area (Å²) in [5, 5.41) is 2.93. The van der Waals surface area contributed by atoms with Gasteiger partial charge < -0.3 is 11.1 Å². The number of piperazine rings is 1. The predicted molar refractivity (Wildman–Crippen MR) is 83.3 cm³/mol. The topological polar surface area (TPSA) is 95.7 Å². The molecule has 0 aromatic rings. The molecule has 0 aromatic carbocycles. The first kappa shape index (κ1) is 18.3. The second-order valence-electron chi connectivity index (χ2n) is 6.59. The molecule has 1 aliphatic heterocycles. The Hall–Kier alpha value is -0.700. The van der Waals surface area contributed by atoms with E-state index in [-0.39, 0.29) is 17.5 Å². The minimum Gasteiger partial charge on any atom is -0.351 e. The summed E-state index contributed by atoms with van der Waals surface area (Å²) < 4.78 is 24.4. The molecular formula is C13H28N4O3S. The summed E-state index contributed by atoms with van der Waals surface area (Å²) in [7, 11) is -3.13. The summed E-state index contributed by atoms with van der Waals surface area (Å²) in [6.07, 6.45) is 1.56. The maximum absolute atomic E-state index is 12.0. The van der Waals surface area contributed by atoms with E-state index < -0.39 is 10.0 Å². The Kier molecular flexibility index (Phi) is 6.15. The molecule has 1 rings (SSSR count). The largest absolute Gasteiger partial charge is 0.351 e. The van der Waals surface area contributed by atoms with Crippen molar-refractivity contribution in [2.45, 2.75) is 38.8 Å². The molecule has 1 saturated heterocycles. The second kappa shape index (κ2) is 7.04. The highest BCUT2D eigenvalue weighted by molar-refractivity contribution is 7.88.